The maximum Gasteiger partial charge on any atom is 0.490 e. The Kier molecular flexibility index (Phi) is 5.32. The van der Waals surface area contributed by atoms with E-state index in [2.05, 4.69) is 21.1 Å². The van der Waals surface area contributed by atoms with Crippen molar-refractivity contribution in [3.8, 4) is 23.0 Å². The number of aromatic amines is 1. The number of pyridine rings is 1. The molecule has 7 nitrogen and oxygen atoms in total. The van der Waals surface area contributed by atoms with Crippen molar-refractivity contribution in [2.24, 2.45) is 0 Å². The predicted molar refractivity (Wildman–Crippen MR) is 97.1 cm³/mol. The van der Waals surface area contributed by atoms with Gasteiger partial charge in [0, 0.05) is 29.5 Å². The van der Waals surface area contributed by atoms with Crippen molar-refractivity contribution in [3.05, 3.63) is 66.6 Å². The number of nitriles is 1. The Morgan fingerprint density at radius 1 is 1.21 bits per heavy atom. The average molecular weight is 399 g/mol. The number of rotatable bonds is 2. The van der Waals surface area contributed by atoms with Crippen molar-refractivity contribution < 1.29 is 23.1 Å². The van der Waals surface area contributed by atoms with Crippen molar-refractivity contribution >= 4 is 17.0 Å². The number of hydrogen-bond donors (Lipinski definition) is 2. The number of carboxylic acid groups (broad SMARTS) is 1. The third kappa shape index (κ3) is 4.41. The van der Waals surface area contributed by atoms with Gasteiger partial charge in [0.15, 0.2) is 0 Å². The smallest absolute Gasteiger partial charge is 0.475 e. The summed E-state index contributed by atoms with van der Waals surface area (Å²) in [6.07, 6.45) is 0.448. The van der Waals surface area contributed by atoms with Crippen LogP contribution in [0.2, 0.25) is 0 Å². The van der Waals surface area contributed by atoms with Crippen LogP contribution < -0.4 is 0 Å². The summed E-state index contributed by atoms with van der Waals surface area (Å²) in [7, 11) is 0. The zero-order valence-electron chi connectivity index (χ0n) is 14.6. The van der Waals surface area contributed by atoms with Gasteiger partial charge in [-0.05, 0) is 30.3 Å². The highest BCUT2D eigenvalue weighted by Crippen LogP contribution is 2.23. The van der Waals surface area contributed by atoms with Crippen LogP contribution in [0.15, 0.2) is 61.1 Å². The molecule has 1 aromatic carbocycles. The molecule has 0 atom stereocenters. The van der Waals surface area contributed by atoms with Crippen LogP contribution in [0.5, 0.6) is 0 Å². The molecule has 0 bridgehead atoms. The van der Waals surface area contributed by atoms with E-state index in [-0.39, 0.29) is 0 Å². The summed E-state index contributed by atoms with van der Waals surface area (Å²) in [4.78, 5) is 16.3. The topological polar surface area (TPSA) is 108 Å². The maximum atomic E-state index is 10.6. The van der Waals surface area contributed by atoms with Gasteiger partial charge in [0.05, 0.1) is 23.0 Å². The van der Waals surface area contributed by atoms with Crippen LogP contribution in [0, 0.1) is 11.3 Å². The number of carboxylic acids is 1. The summed E-state index contributed by atoms with van der Waals surface area (Å²) in [6.45, 7) is 0. The number of fused-ring (bicyclic) bond motifs is 1. The minimum atomic E-state index is -5.08. The van der Waals surface area contributed by atoms with Gasteiger partial charge in [-0.3, -0.25) is 0 Å². The van der Waals surface area contributed by atoms with Crippen LogP contribution in [0.1, 0.15) is 5.56 Å². The van der Waals surface area contributed by atoms with E-state index in [0.29, 0.717) is 5.56 Å². The Hall–Kier alpha value is -4.13. The molecule has 0 amide bonds. The first-order valence-electron chi connectivity index (χ1n) is 8.08. The number of carbonyl (C=O) groups is 1. The molecule has 3 aromatic heterocycles. The zero-order valence-corrected chi connectivity index (χ0v) is 14.6. The number of nitrogens with zero attached hydrogens (tertiary/aromatic N) is 4. The summed E-state index contributed by atoms with van der Waals surface area (Å²) in [5.41, 5.74) is 4.19. The molecule has 2 N–H and O–H groups in total. The summed E-state index contributed by atoms with van der Waals surface area (Å²) >= 11 is 0. The molecule has 0 aliphatic rings. The molecule has 0 fully saturated rings. The number of halogens is 3. The molecule has 0 aliphatic heterocycles. The average Bonchev–Trinajstić information content (AvgIpc) is 3.37. The molecule has 0 radical (unpaired) electrons. The fourth-order valence-corrected chi connectivity index (χ4v) is 2.51. The van der Waals surface area contributed by atoms with E-state index in [0.717, 1.165) is 28.0 Å². The Balaban J connectivity index is 0.000000298. The van der Waals surface area contributed by atoms with Crippen molar-refractivity contribution in [1.29, 1.82) is 5.26 Å². The first-order valence-corrected chi connectivity index (χ1v) is 8.08. The fourth-order valence-electron chi connectivity index (χ4n) is 2.51. The predicted octanol–water partition coefficient (Wildman–Crippen LogP) is 3.92. The standard InChI is InChI=1S/C17H11N5.C2HF3O2/c18-11-12-2-1-3-13(10-12)15-6-9-22(21-15)16-5-8-20-17-14(16)4-7-19-17;3-2(4,5)1(6)7/h1-10H,(H,19,20);(H,6,7). The minimum Gasteiger partial charge on any atom is -0.475 e. The number of alkyl halides is 3. The second-order valence-electron chi connectivity index (χ2n) is 5.71. The normalized spacial score (nSPS) is 10.8. The van der Waals surface area contributed by atoms with Gasteiger partial charge in [-0.15, -0.1) is 0 Å². The minimum absolute atomic E-state index is 0.629. The Morgan fingerprint density at radius 3 is 2.66 bits per heavy atom. The second kappa shape index (κ2) is 7.85. The van der Waals surface area contributed by atoms with Gasteiger partial charge < -0.3 is 10.1 Å². The third-order valence-corrected chi connectivity index (χ3v) is 3.80. The summed E-state index contributed by atoms with van der Waals surface area (Å²) in [5.74, 6) is -2.76. The number of nitrogens with one attached hydrogen (secondary N) is 1. The molecular weight excluding hydrogens is 387 g/mol. The van der Waals surface area contributed by atoms with Gasteiger partial charge in [0.25, 0.3) is 0 Å². The number of aromatic nitrogens is 4. The lowest BCUT2D eigenvalue weighted by atomic mass is 10.1. The number of benzene rings is 1. The molecule has 0 spiro atoms. The van der Waals surface area contributed by atoms with Gasteiger partial charge >= 0.3 is 12.1 Å². The van der Waals surface area contributed by atoms with E-state index >= 15 is 0 Å². The second-order valence-corrected chi connectivity index (χ2v) is 5.71. The number of H-pyrrole nitrogens is 1. The van der Waals surface area contributed by atoms with E-state index in [1.165, 1.54) is 0 Å². The van der Waals surface area contributed by atoms with Crippen LogP contribution in [0.4, 0.5) is 13.2 Å². The monoisotopic (exact) mass is 399 g/mol. The lowest BCUT2D eigenvalue weighted by Gasteiger charge is -2.03. The molecule has 0 saturated carbocycles. The molecule has 0 saturated heterocycles. The fraction of sp³-hybridized carbons (Fsp3) is 0.0526. The van der Waals surface area contributed by atoms with Gasteiger partial charge in [-0.2, -0.15) is 23.5 Å². The Bertz CT molecular complexity index is 1200. The molecular formula is C19H12F3N5O2. The molecule has 146 valence electrons. The lowest BCUT2D eigenvalue weighted by molar-refractivity contribution is -0.192. The van der Waals surface area contributed by atoms with Crippen LogP contribution in [-0.4, -0.2) is 37.0 Å². The highest BCUT2D eigenvalue weighted by Gasteiger charge is 2.38. The largest absolute Gasteiger partial charge is 0.490 e. The molecule has 29 heavy (non-hydrogen) atoms. The van der Waals surface area contributed by atoms with E-state index in [1.807, 2.05) is 53.5 Å². The van der Waals surface area contributed by atoms with Gasteiger partial charge in [0.2, 0.25) is 0 Å². The lowest BCUT2D eigenvalue weighted by Crippen LogP contribution is -2.21. The van der Waals surface area contributed by atoms with Gasteiger partial charge in [-0.25, -0.2) is 14.5 Å². The van der Waals surface area contributed by atoms with Crippen molar-refractivity contribution in [1.82, 2.24) is 19.7 Å². The van der Waals surface area contributed by atoms with Crippen molar-refractivity contribution in [2.75, 3.05) is 0 Å². The number of hydrogen-bond acceptors (Lipinski definition) is 4. The molecule has 0 unspecified atom stereocenters. The van der Waals surface area contributed by atoms with Gasteiger partial charge in [-0.1, -0.05) is 12.1 Å². The molecule has 0 aliphatic carbocycles. The van der Waals surface area contributed by atoms with Crippen LogP contribution in [0.3, 0.4) is 0 Å². The van der Waals surface area contributed by atoms with E-state index in [1.54, 1.807) is 12.3 Å². The van der Waals surface area contributed by atoms with Crippen molar-refractivity contribution in [2.45, 2.75) is 6.18 Å². The highest BCUT2D eigenvalue weighted by molar-refractivity contribution is 5.84. The van der Waals surface area contributed by atoms with Crippen LogP contribution in [-0.2, 0) is 4.79 Å². The highest BCUT2D eigenvalue weighted by atomic mass is 19.4. The Morgan fingerprint density at radius 2 is 1.97 bits per heavy atom. The molecule has 10 heteroatoms. The Labute approximate surface area is 161 Å². The quantitative estimate of drug-likeness (QED) is 0.531. The van der Waals surface area contributed by atoms with Crippen molar-refractivity contribution in [3.63, 3.8) is 0 Å². The first-order chi connectivity index (χ1) is 13.8. The summed E-state index contributed by atoms with van der Waals surface area (Å²) < 4.78 is 33.6. The molecule has 4 rings (SSSR count). The summed E-state index contributed by atoms with van der Waals surface area (Å²) in [5, 5.41) is 21.8. The molecule has 4 aromatic rings. The number of aliphatic carboxylic acids is 1. The van der Waals surface area contributed by atoms with Crippen LogP contribution >= 0.6 is 0 Å². The SMILES string of the molecule is N#Cc1cccc(-c2ccn(-c3ccnc4[nH]ccc34)n2)c1.O=C(O)C(F)(F)F. The maximum absolute atomic E-state index is 10.6. The summed E-state index contributed by atoms with van der Waals surface area (Å²) in [6, 6.07) is 15.4. The van der Waals surface area contributed by atoms with E-state index < -0.39 is 12.1 Å². The first kappa shape index (κ1) is 19.6. The van der Waals surface area contributed by atoms with E-state index in [9.17, 15) is 13.2 Å². The van der Waals surface area contributed by atoms with Gasteiger partial charge in [0.1, 0.15) is 5.65 Å². The third-order valence-electron chi connectivity index (χ3n) is 3.80. The zero-order chi connectivity index (χ0) is 21.0. The molecule has 3 heterocycles. The van der Waals surface area contributed by atoms with Crippen LogP contribution in [0.25, 0.3) is 28.0 Å². The van der Waals surface area contributed by atoms with E-state index in [4.69, 9.17) is 15.2 Å².